The maximum atomic E-state index is 13.4. The summed E-state index contributed by atoms with van der Waals surface area (Å²) in [5.74, 6) is -3.71. The van der Waals surface area contributed by atoms with E-state index >= 15 is 0 Å². The number of hydrogen-bond acceptors (Lipinski definition) is 3. The molecule has 0 amide bonds. The molecular weight excluding hydrogens is 324 g/mol. The number of hydrogen-bond donors (Lipinski definition) is 2. The Labute approximate surface area is 126 Å². The van der Waals surface area contributed by atoms with Crippen LogP contribution in [-0.4, -0.2) is 34.2 Å². The van der Waals surface area contributed by atoms with E-state index in [0.29, 0.717) is 0 Å². The second kappa shape index (κ2) is 6.51. The van der Waals surface area contributed by atoms with Crippen LogP contribution in [0.1, 0.15) is 5.56 Å². The van der Waals surface area contributed by atoms with E-state index in [1.165, 1.54) is 18.2 Å². The van der Waals surface area contributed by atoms with Gasteiger partial charge in [0.15, 0.2) is 0 Å². The summed E-state index contributed by atoms with van der Waals surface area (Å²) in [4.78, 5) is 0. The average Bonchev–Trinajstić information content (AvgIpc) is 2.87. The van der Waals surface area contributed by atoms with Gasteiger partial charge in [-0.1, -0.05) is 18.2 Å². The van der Waals surface area contributed by atoms with E-state index < -0.39 is 39.6 Å². The van der Waals surface area contributed by atoms with E-state index in [0.717, 1.165) is 6.07 Å². The third-order valence-electron chi connectivity index (χ3n) is 3.63. The van der Waals surface area contributed by atoms with Gasteiger partial charge >= 0.3 is 6.18 Å². The van der Waals surface area contributed by atoms with Crippen LogP contribution in [0.2, 0.25) is 0 Å². The summed E-state index contributed by atoms with van der Waals surface area (Å²) >= 11 is 0. The molecule has 1 aliphatic heterocycles. The van der Waals surface area contributed by atoms with Gasteiger partial charge in [0.1, 0.15) is 5.82 Å². The van der Waals surface area contributed by atoms with Gasteiger partial charge < -0.3 is 5.32 Å². The Morgan fingerprint density at radius 1 is 1.23 bits per heavy atom. The standard InChI is InChI=1S/C13H16F4N2O2S/c14-12-4-2-1-3-9(12)8-22(20,21)19-6-10-5-18-7-11(10)13(15,16)17/h1-4,10-11,18-19H,5-8H2/t10-,11+/m0/s1. The van der Waals surface area contributed by atoms with E-state index in [-0.39, 0.29) is 25.2 Å². The molecule has 0 radical (unpaired) electrons. The molecule has 1 fully saturated rings. The predicted octanol–water partition coefficient (Wildman–Crippen LogP) is 1.64. The first-order valence-electron chi connectivity index (χ1n) is 6.67. The number of alkyl halides is 3. The molecule has 4 nitrogen and oxygen atoms in total. The van der Waals surface area contributed by atoms with Crippen LogP contribution in [0.15, 0.2) is 24.3 Å². The molecule has 124 valence electrons. The molecule has 0 spiro atoms. The zero-order valence-corrected chi connectivity index (χ0v) is 12.3. The Bertz CT molecular complexity index is 619. The van der Waals surface area contributed by atoms with Crippen molar-refractivity contribution in [2.75, 3.05) is 19.6 Å². The van der Waals surface area contributed by atoms with Gasteiger partial charge in [-0.05, 0) is 18.5 Å². The van der Waals surface area contributed by atoms with Gasteiger partial charge in [0, 0.05) is 18.7 Å². The van der Waals surface area contributed by atoms with Gasteiger partial charge in [0.25, 0.3) is 0 Å². The molecule has 1 heterocycles. The minimum Gasteiger partial charge on any atom is -0.316 e. The Morgan fingerprint density at radius 2 is 1.91 bits per heavy atom. The summed E-state index contributed by atoms with van der Waals surface area (Å²) in [5, 5.41) is 2.61. The van der Waals surface area contributed by atoms with Crippen LogP contribution in [0.5, 0.6) is 0 Å². The zero-order chi connectivity index (χ0) is 16.4. The Kier molecular flexibility index (Phi) is 5.08. The fraction of sp³-hybridized carbons (Fsp3) is 0.538. The summed E-state index contributed by atoms with van der Waals surface area (Å²) < 4.78 is 77.6. The highest BCUT2D eigenvalue weighted by Crippen LogP contribution is 2.34. The van der Waals surface area contributed by atoms with Crippen LogP contribution in [0.4, 0.5) is 17.6 Å². The molecule has 1 aromatic rings. The highest BCUT2D eigenvalue weighted by atomic mass is 32.2. The molecule has 0 unspecified atom stereocenters. The van der Waals surface area contributed by atoms with Crippen LogP contribution in [-0.2, 0) is 15.8 Å². The van der Waals surface area contributed by atoms with Gasteiger partial charge in [-0.3, -0.25) is 0 Å². The molecule has 0 bridgehead atoms. The van der Waals surface area contributed by atoms with E-state index in [1.807, 2.05) is 0 Å². The Morgan fingerprint density at radius 3 is 2.55 bits per heavy atom. The first-order valence-corrected chi connectivity index (χ1v) is 8.32. The summed E-state index contributed by atoms with van der Waals surface area (Å²) in [6.07, 6.45) is -4.37. The van der Waals surface area contributed by atoms with Gasteiger partial charge in [-0.25, -0.2) is 17.5 Å². The molecule has 2 atom stereocenters. The van der Waals surface area contributed by atoms with Gasteiger partial charge in [0.05, 0.1) is 11.7 Å². The van der Waals surface area contributed by atoms with Crippen molar-refractivity contribution in [3.63, 3.8) is 0 Å². The van der Waals surface area contributed by atoms with Crippen LogP contribution in [0, 0.1) is 17.7 Å². The van der Waals surface area contributed by atoms with E-state index in [2.05, 4.69) is 10.0 Å². The van der Waals surface area contributed by atoms with Crippen molar-refractivity contribution >= 4 is 10.0 Å². The predicted molar refractivity (Wildman–Crippen MR) is 72.9 cm³/mol. The normalized spacial score (nSPS) is 22.9. The number of halogens is 4. The fourth-order valence-corrected chi connectivity index (χ4v) is 3.65. The van der Waals surface area contributed by atoms with E-state index in [4.69, 9.17) is 0 Å². The van der Waals surface area contributed by atoms with Crippen molar-refractivity contribution in [1.29, 1.82) is 0 Å². The summed E-state index contributed by atoms with van der Waals surface area (Å²) in [7, 11) is -3.90. The van der Waals surface area contributed by atoms with Gasteiger partial charge in [0.2, 0.25) is 10.0 Å². The van der Waals surface area contributed by atoms with Crippen molar-refractivity contribution < 1.29 is 26.0 Å². The molecule has 9 heteroatoms. The summed E-state index contributed by atoms with van der Waals surface area (Å²) in [6.45, 7) is -0.455. The molecule has 1 saturated heterocycles. The fourth-order valence-electron chi connectivity index (χ4n) is 2.44. The minimum absolute atomic E-state index is 0.0214. The smallest absolute Gasteiger partial charge is 0.316 e. The largest absolute Gasteiger partial charge is 0.393 e. The van der Waals surface area contributed by atoms with Crippen molar-refractivity contribution in [3.05, 3.63) is 35.6 Å². The van der Waals surface area contributed by atoms with E-state index in [9.17, 15) is 26.0 Å². The maximum absolute atomic E-state index is 13.4. The third kappa shape index (κ3) is 4.40. The highest BCUT2D eigenvalue weighted by Gasteiger charge is 2.47. The molecule has 2 rings (SSSR count). The van der Waals surface area contributed by atoms with E-state index in [1.54, 1.807) is 0 Å². The van der Waals surface area contributed by atoms with Crippen molar-refractivity contribution in [3.8, 4) is 0 Å². The highest BCUT2D eigenvalue weighted by molar-refractivity contribution is 7.88. The molecular formula is C13H16F4N2O2S. The lowest BCUT2D eigenvalue weighted by Crippen LogP contribution is -2.38. The SMILES string of the molecule is O=S(=O)(Cc1ccccc1F)NC[C@@H]1CNC[C@H]1C(F)(F)F. The molecule has 2 N–H and O–H groups in total. The molecule has 0 aromatic heterocycles. The number of benzene rings is 1. The molecule has 0 aliphatic carbocycles. The van der Waals surface area contributed by atoms with Crippen molar-refractivity contribution in [1.82, 2.24) is 10.0 Å². The Balaban J connectivity index is 1.97. The van der Waals surface area contributed by atoms with Gasteiger partial charge in [-0.15, -0.1) is 0 Å². The first kappa shape index (κ1) is 17.2. The third-order valence-corrected chi connectivity index (χ3v) is 4.93. The van der Waals surface area contributed by atoms with Crippen LogP contribution < -0.4 is 10.0 Å². The zero-order valence-electron chi connectivity index (χ0n) is 11.5. The van der Waals surface area contributed by atoms with Crippen molar-refractivity contribution in [2.45, 2.75) is 11.9 Å². The van der Waals surface area contributed by atoms with Crippen LogP contribution >= 0.6 is 0 Å². The van der Waals surface area contributed by atoms with Crippen LogP contribution in [0.25, 0.3) is 0 Å². The second-order valence-corrected chi connectivity index (χ2v) is 7.07. The number of rotatable bonds is 5. The summed E-state index contributed by atoms with van der Waals surface area (Å²) in [6, 6.07) is 5.38. The second-order valence-electron chi connectivity index (χ2n) is 5.27. The number of nitrogens with one attached hydrogen (secondary N) is 2. The first-order chi connectivity index (χ1) is 10.2. The molecule has 1 aromatic carbocycles. The van der Waals surface area contributed by atoms with Crippen molar-refractivity contribution in [2.24, 2.45) is 11.8 Å². The molecule has 1 aliphatic rings. The van der Waals surface area contributed by atoms with Crippen LogP contribution in [0.3, 0.4) is 0 Å². The Hall–Kier alpha value is -1.19. The molecule has 0 saturated carbocycles. The minimum atomic E-state index is -4.37. The lowest BCUT2D eigenvalue weighted by molar-refractivity contribution is -0.178. The lowest BCUT2D eigenvalue weighted by Gasteiger charge is -2.21. The monoisotopic (exact) mass is 340 g/mol. The number of sulfonamides is 1. The van der Waals surface area contributed by atoms with Gasteiger partial charge in [-0.2, -0.15) is 13.2 Å². The quantitative estimate of drug-likeness (QED) is 0.802. The topological polar surface area (TPSA) is 58.2 Å². The summed E-state index contributed by atoms with van der Waals surface area (Å²) in [5.41, 5.74) is -0.0214. The molecule has 22 heavy (non-hydrogen) atoms. The lowest BCUT2D eigenvalue weighted by atomic mass is 9.96. The average molecular weight is 340 g/mol. The maximum Gasteiger partial charge on any atom is 0.393 e.